The molecule has 1 aromatic carbocycles. The Morgan fingerprint density at radius 1 is 1.26 bits per heavy atom. The Morgan fingerprint density at radius 3 is 3.00 bits per heavy atom. The van der Waals surface area contributed by atoms with Crippen LogP contribution >= 0.6 is 0 Å². The number of hydrogen-bond donors (Lipinski definition) is 0. The van der Waals surface area contributed by atoms with E-state index in [1.165, 1.54) is 10.8 Å². The van der Waals surface area contributed by atoms with E-state index < -0.39 is 0 Å². The highest BCUT2D eigenvalue weighted by molar-refractivity contribution is 5.80. The van der Waals surface area contributed by atoms with Crippen LogP contribution in [0.4, 0.5) is 0 Å². The topological polar surface area (TPSA) is 82.3 Å². The normalized spacial score (nSPS) is 17.8. The van der Waals surface area contributed by atoms with E-state index in [9.17, 15) is 9.59 Å². The monoisotopic (exact) mass is 367 g/mol. The van der Waals surface area contributed by atoms with E-state index in [1.54, 1.807) is 15.8 Å². The van der Waals surface area contributed by atoms with Crippen molar-refractivity contribution in [2.75, 3.05) is 19.7 Å². The summed E-state index contributed by atoms with van der Waals surface area (Å²) >= 11 is 0. The van der Waals surface area contributed by atoms with Crippen LogP contribution in [0.15, 0.2) is 53.7 Å². The second-order valence-electron chi connectivity index (χ2n) is 6.59. The maximum absolute atomic E-state index is 12.9. The summed E-state index contributed by atoms with van der Waals surface area (Å²) in [4.78, 5) is 31.1. The number of ether oxygens (including phenoxy) is 1. The number of para-hydroxylation sites is 2. The Bertz CT molecular complexity index is 982. The molecule has 1 fully saturated rings. The SMILES string of the molecule is O=C(Cn1c(=O)cnc2ccccc21)N1CCCOC(Cn2cccn2)C1. The first kappa shape index (κ1) is 17.4. The molecule has 4 rings (SSSR count). The van der Waals surface area contributed by atoms with Gasteiger partial charge in [0.1, 0.15) is 6.54 Å². The van der Waals surface area contributed by atoms with Gasteiger partial charge < -0.3 is 9.64 Å². The largest absolute Gasteiger partial charge is 0.374 e. The Labute approximate surface area is 156 Å². The fourth-order valence-electron chi connectivity index (χ4n) is 3.36. The molecular weight excluding hydrogens is 346 g/mol. The predicted molar refractivity (Wildman–Crippen MR) is 99.2 cm³/mol. The molecule has 1 unspecified atom stereocenters. The minimum Gasteiger partial charge on any atom is -0.374 e. The fraction of sp³-hybridized carbons (Fsp3) is 0.368. The van der Waals surface area contributed by atoms with Gasteiger partial charge in [0.25, 0.3) is 5.56 Å². The summed E-state index contributed by atoms with van der Waals surface area (Å²) in [5.74, 6) is -0.0931. The molecule has 0 bridgehead atoms. The van der Waals surface area contributed by atoms with Crippen LogP contribution in [0.1, 0.15) is 6.42 Å². The van der Waals surface area contributed by atoms with E-state index in [1.807, 2.05) is 36.5 Å². The number of rotatable bonds is 4. The van der Waals surface area contributed by atoms with Crippen molar-refractivity contribution in [2.24, 2.45) is 0 Å². The van der Waals surface area contributed by atoms with Crippen LogP contribution in [0.25, 0.3) is 11.0 Å². The number of carbonyl (C=O) groups excluding carboxylic acids is 1. The molecule has 1 saturated heterocycles. The minimum atomic E-state index is -0.277. The molecule has 1 atom stereocenters. The molecule has 0 saturated carbocycles. The lowest BCUT2D eigenvalue weighted by atomic mass is 10.2. The van der Waals surface area contributed by atoms with E-state index in [0.717, 1.165) is 6.42 Å². The molecule has 0 radical (unpaired) electrons. The lowest BCUT2D eigenvalue weighted by Gasteiger charge is -2.24. The van der Waals surface area contributed by atoms with Crippen molar-refractivity contribution >= 4 is 16.9 Å². The van der Waals surface area contributed by atoms with Gasteiger partial charge in [0.05, 0.1) is 29.9 Å². The van der Waals surface area contributed by atoms with Crippen LogP contribution in [-0.4, -0.2) is 55.9 Å². The number of hydrogen-bond acceptors (Lipinski definition) is 5. The number of aromatic nitrogens is 4. The van der Waals surface area contributed by atoms with Gasteiger partial charge in [-0.25, -0.2) is 4.98 Å². The zero-order valence-electron chi connectivity index (χ0n) is 14.9. The standard InChI is InChI=1S/C19H21N5O3/c25-18-11-20-16-5-1-2-6-17(16)24(18)14-19(26)22-8-4-10-27-15(12-22)13-23-9-3-7-21-23/h1-3,5-7,9,11,15H,4,8,10,12-14H2. The van der Waals surface area contributed by atoms with Crippen LogP contribution in [0.5, 0.6) is 0 Å². The van der Waals surface area contributed by atoms with E-state index in [2.05, 4.69) is 10.1 Å². The first-order valence-electron chi connectivity index (χ1n) is 9.02. The number of nitrogens with zero attached hydrogens (tertiary/aromatic N) is 5. The third-order valence-electron chi connectivity index (χ3n) is 4.70. The molecule has 3 aromatic rings. The molecule has 1 amide bonds. The Kier molecular flexibility index (Phi) is 4.97. The third kappa shape index (κ3) is 3.90. The zero-order valence-corrected chi connectivity index (χ0v) is 14.9. The summed E-state index contributed by atoms with van der Waals surface area (Å²) in [6, 6.07) is 9.20. The second kappa shape index (κ2) is 7.71. The van der Waals surface area contributed by atoms with Crippen LogP contribution in [-0.2, 0) is 22.6 Å². The van der Waals surface area contributed by atoms with Crippen molar-refractivity contribution in [1.82, 2.24) is 24.2 Å². The second-order valence-corrected chi connectivity index (χ2v) is 6.59. The van der Waals surface area contributed by atoms with Gasteiger partial charge >= 0.3 is 0 Å². The molecule has 0 N–H and O–H groups in total. The number of fused-ring (bicyclic) bond motifs is 1. The summed E-state index contributed by atoms with van der Waals surface area (Å²) in [5.41, 5.74) is 1.08. The summed E-state index contributed by atoms with van der Waals surface area (Å²) in [7, 11) is 0. The van der Waals surface area contributed by atoms with E-state index in [4.69, 9.17) is 4.74 Å². The van der Waals surface area contributed by atoms with Gasteiger partial charge in [-0.2, -0.15) is 5.10 Å². The molecule has 2 aromatic heterocycles. The number of benzene rings is 1. The highest BCUT2D eigenvalue weighted by atomic mass is 16.5. The van der Waals surface area contributed by atoms with Gasteiger partial charge in [-0.05, 0) is 24.6 Å². The average molecular weight is 367 g/mol. The van der Waals surface area contributed by atoms with E-state index >= 15 is 0 Å². The van der Waals surface area contributed by atoms with Gasteiger partial charge in [0, 0.05) is 32.1 Å². The zero-order chi connectivity index (χ0) is 18.6. The van der Waals surface area contributed by atoms with Crippen molar-refractivity contribution < 1.29 is 9.53 Å². The fourth-order valence-corrected chi connectivity index (χ4v) is 3.36. The molecule has 8 heteroatoms. The molecule has 1 aliphatic heterocycles. The first-order chi connectivity index (χ1) is 13.2. The van der Waals surface area contributed by atoms with Crippen molar-refractivity contribution in [3.8, 4) is 0 Å². The predicted octanol–water partition coefficient (Wildman–Crippen LogP) is 0.911. The molecule has 140 valence electrons. The maximum Gasteiger partial charge on any atom is 0.269 e. The highest BCUT2D eigenvalue weighted by Crippen LogP contribution is 2.11. The summed E-state index contributed by atoms with van der Waals surface area (Å²) in [6.45, 7) is 2.29. The summed E-state index contributed by atoms with van der Waals surface area (Å²) in [5, 5.41) is 4.21. The van der Waals surface area contributed by atoms with E-state index in [0.29, 0.717) is 37.3 Å². The van der Waals surface area contributed by atoms with Crippen LogP contribution < -0.4 is 5.56 Å². The summed E-state index contributed by atoms with van der Waals surface area (Å²) < 4.78 is 9.16. The van der Waals surface area contributed by atoms with Gasteiger partial charge in [-0.3, -0.25) is 18.8 Å². The average Bonchev–Trinajstić information content (AvgIpc) is 3.07. The molecule has 27 heavy (non-hydrogen) atoms. The third-order valence-corrected chi connectivity index (χ3v) is 4.70. The maximum atomic E-state index is 12.9. The van der Waals surface area contributed by atoms with Crippen molar-refractivity contribution in [1.29, 1.82) is 0 Å². The quantitative estimate of drug-likeness (QED) is 0.685. The van der Waals surface area contributed by atoms with Gasteiger partial charge in [0.15, 0.2) is 0 Å². The summed E-state index contributed by atoms with van der Waals surface area (Å²) in [6.07, 6.45) is 5.51. The van der Waals surface area contributed by atoms with Crippen molar-refractivity contribution in [3.63, 3.8) is 0 Å². The Morgan fingerprint density at radius 2 is 2.15 bits per heavy atom. The van der Waals surface area contributed by atoms with Crippen molar-refractivity contribution in [2.45, 2.75) is 25.6 Å². The van der Waals surface area contributed by atoms with Crippen LogP contribution in [0.2, 0.25) is 0 Å². The minimum absolute atomic E-state index is 0.00361. The van der Waals surface area contributed by atoms with Gasteiger partial charge in [-0.1, -0.05) is 12.1 Å². The molecule has 0 spiro atoms. The van der Waals surface area contributed by atoms with Crippen LogP contribution in [0, 0.1) is 0 Å². The van der Waals surface area contributed by atoms with Crippen LogP contribution in [0.3, 0.4) is 0 Å². The Hall–Kier alpha value is -3.00. The molecular formula is C19H21N5O3. The van der Waals surface area contributed by atoms with Crippen molar-refractivity contribution in [3.05, 3.63) is 59.3 Å². The molecule has 3 heterocycles. The first-order valence-corrected chi connectivity index (χ1v) is 9.02. The van der Waals surface area contributed by atoms with Gasteiger partial charge in [0.2, 0.25) is 5.91 Å². The lowest BCUT2D eigenvalue weighted by Crippen LogP contribution is -2.41. The van der Waals surface area contributed by atoms with Gasteiger partial charge in [-0.15, -0.1) is 0 Å². The molecule has 1 aliphatic rings. The smallest absolute Gasteiger partial charge is 0.269 e. The number of carbonyl (C=O) groups is 1. The molecule has 8 nitrogen and oxygen atoms in total. The highest BCUT2D eigenvalue weighted by Gasteiger charge is 2.23. The molecule has 0 aliphatic carbocycles. The Balaban J connectivity index is 1.52. The lowest BCUT2D eigenvalue weighted by molar-refractivity contribution is -0.132. The van der Waals surface area contributed by atoms with E-state index in [-0.39, 0.29) is 24.1 Å². The number of amides is 1.